The number of anilines is 1. The second kappa shape index (κ2) is 7.06. The predicted octanol–water partition coefficient (Wildman–Crippen LogP) is 3.96. The molecule has 25 heavy (non-hydrogen) atoms. The number of benzene rings is 1. The number of nitrogens with one attached hydrogen (secondary N) is 1. The number of hydrogen-bond donors (Lipinski definition) is 1. The molecule has 0 aliphatic heterocycles. The fourth-order valence-electron chi connectivity index (χ4n) is 3.74. The van der Waals surface area contributed by atoms with E-state index in [9.17, 15) is 22.8 Å². The van der Waals surface area contributed by atoms with Gasteiger partial charge in [-0.3, -0.25) is 9.59 Å². The molecule has 2 unspecified atom stereocenters. The molecule has 0 radical (unpaired) electrons. The number of carbonyl (C=O) groups excluding carboxylic acids is 2. The summed E-state index contributed by atoms with van der Waals surface area (Å²) < 4.78 is 41.0. The van der Waals surface area contributed by atoms with Gasteiger partial charge in [-0.05, 0) is 49.9 Å². The van der Waals surface area contributed by atoms with Crippen LogP contribution < -0.4 is 10.1 Å². The maximum atomic E-state index is 12.4. The molecule has 2 fully saturated rings. The topological polar surface area (TPSA) is 55.4 Å². The normalized spacial score (nSPS) is 26.2. The van der Waals surface area contributed by atoms with E-state index < -0.39 is 12.8 Å². The number of carbonyl (C=O) groups is 2. The SMILES string of the molecule is O=C(Nc1ccc(OCC(F)(F)F)cc1)C1CC2CCCC(C1)C2=O. The molecule has 0 saturated heterocycles. The highest BCUT2D eigenvalue weighted by atomic mass is 19.4. The molecule has 2 atom stereocenters. The summed E-state index contributed by atoms with van der Waals surface area (Å²) in [6, 6.07) is 5.80. The molecule has 0 aromatic heterocycles. The predicted molar refractivity (Wildman–Crippen MR) is 85.2 cm³/mol. The summed E-state index contributed by atoms with van der Waals surface area (Å²) >= 11 is 0. The first-order valence-electron chi connectivity index (χ1n) is 8.46. The van der Waals surface area contributed by atoms with Crippen molar-refractivity contribution in [1.29, 1.82) is 0 Å². The molecule has 2 bridgehead atoms. The van der Waals surface area contributed by atoms with E-state index in [2.05, 4.69) is 10.1 Å². The van der Waals surface area contributed by atoms with Crippen LogP contribution >= 0.6 is 0 Å². The molecule has 136 valence electrons. The molecule has 1 aromatic carbocycles. The Balaban J connectivity index is 1.55. The lowest BCUT2D eigenvalue weighted by Crippen LogP contribution is -2.40. The van der Waals surface area contributed by atoms with E-state index in [1.54, 1.807) is 0 Å². The first-order chi connectivity index (χ1) is 11.8. The number of fused-ring (bicyclic) bond motifs is 2. The van der Waals surface area contributed by atoms with Gasteiger partial charge in [-0.1, -0.05) is 6.42 Å². The third-order valence-corrected chi connectivity index (χ3v) is 4.94. The molecule has 3 rings (SSSR count). The number of ether oxygens (including phenoxy) is 1. The summed E-state index contributed by atoms with van der Waals surface area (Å²) in [5.74, 6) is 0.0832. The molecule has 2 aliphatic carbocycles. The second-order valence-corrected chi connectivity index (χ2v) is 6.81. The van der Waals surface area contributed by atoms with Crippen molar-refractivity contribution in [3.05, 3.63) is 24.3 Å². The Kier molecular flexibility index (Phi) is 5.01. The molecule has 2 saturated carbocycles. The van der Waals surface area contributed by atoms with Crippen molar-refractivity contribution in [1.82, 2.24) is 0 Å². The van der Waals surface area contributed by atoms with Crippen LogP contribution in [0.3, 0.4) is 0 Å². The number of Topliss-reactive ketones (excluding diaryl/α,β-unsaturated/α-hetero) is 1. The summed E-state index contributed by atoms with van der Waals surface area (Å²) in [6.07, 6.45) is -0.422. The Bertz CT molecular complexity index is 626. The van der Waals surface area contributed by atoms with Gasteiger partial charge in [0.15, 0.2) is 6.61 Å². The highest BCUT2D eigenvalue weighted by Gasteiger charge is 2.41. The van der Waals surface area contributed by atoms with E-state index in [4.69, 9.17) is 0 Å². The minimum Gasteiger partial charge on any atom is -0.484 e. The highest BCUT2D eigenvalue weighted by Crippen LogP contribution is 2.40. The van der Waals surface area contributed by atoms with Gasteiger partial charge >= 0.3 is 6.18 Å². The van der Waals surface area contributed by atoms with Crippen molar-refractivity contribution >= 4 is 17.4 Å². The number of halogens is 3. The monoisotopic (exact) mass is 355 g/mol. The van der Waals surface area contributed by atoms with Gasteiger partial charge in [0.1, 0.15) is 11.5 Å². The van der Waals surface area contributed by atoms with E-state index >= 15 is 0 Å². The zero-order chi connectivity index (χ0) is 18.0. The lowest BCUT2D eigenvalue weighted by atomic mass is 9.67. The molecule has 1 N–H and O–H groups in total. The Morgan fingerprint density at radius 3 is 2.28 bits per heavy atom. The first-order valence-corrected chi connectivity index (χ1v) is 8.46. The van der Waals surface area contributed by atoms with Crippen LogP contribution in [0.15, 0.2) is 24.3 Å². The third kappa shape index (κ3) is 4.52. The zero-order valence-electron chi connectivity index (χ0n) is 13.6. The lowest BCUT2D eigenvalue weighted by Gasteiger charge is -2.36. The van der Waals surface area contributed by atoms with Crippen molar-refractivity contribution in [3.63, 3.8) is 0 Å². The molecule has 1 amide bonds. The van der Waals surface area contributed by atoms with Crippen LogP contribution in [0.2, 0.25) is 0 Å². The zero-order valence-corrected chi connectivity index (χ0v) is 13.6. The number of alkyl halides is 3. The lowest BCUT2D eigenvalue weighted by molar-refractivity contribution is -0.153. The van der Waals surface area contributed by atoms with Crippen LogP contribution in [0, 0.1) is 17.8 Å². The molecule has 4 nitrogen and oxygen atoms in total. The Labute approximate surface area is 143 Å². The standard InChI is InChI=1S/C18H20F3NO3/c19-18(20,21)10-25-15-6-4-14(5-7-15)22-17(24)13-8-11-2-1-3-12(9-13)16(11)23/h4-7,11-13H,1-3,8-10H2,(H,22,24). The number of amides is 1. The van der Waals surface area contributed by atoms with Crippen LogP contribution in [0.5, 0.6) is 5.75 Å². The smallest absolute Gasteiger partial charge is 0.422 e. The average Bonchev–Trinajstić information content (AvgIpc) is 2.53. The van der Waals surface area contributed by atoms with Gasteiger partial charge in [0.2, 0.25) is 5.91 Å². The van der Waals surface area contributed by atoms with Gasteiger partial charge in [0.25, 0.3) is 0 Å². The van der Waals surface area contributed by atoms with Gasteiger partial charge in [0.05, 0.1) is 0 Å². The molecular formula is C18H20F3NO3. The fraction of sp³-hybridized carbons (Fsp3) is 0.556. The molecule has 0 spiro atoms. The number of ketones is 1. The second-order valence-electron chi connectivity index (χ2n) is 6.81. The van der Waals surface area contributed by atoms with Crippen molar-refractivity contribution < 1.29 is 27.5 Å². The maximum Gasteiger partial charge on any atom is 0.422 e. The third-order valence-electron chi connectivity index (χ3n) is 4.94. The first kappa shape index (κ1) is 17.8. The molecule has 1 aromatic rings. The largest absolute Gasteiger partial charge is 0.484 e. The van der Waals surface area contributed by atoms with Gasteiger partial charge in [0, 0.05) is 23.4 Å². The Morgan fingerprint density at radius 2 is 1.72 bits per heavy atom. The molecule has 2 aliphatic rings. The fourth-order valence-corrected chi connectivity index (χ4v) is 3.74. The summed E-state index contributed by atoms with van der Waals surface area (Å²) in [5.41, 5.74) is 0.506. The maximum absolute atomic E-state index is 12.4. The number of hydrogen-bond acceptors (Lipinski definition) is 3. The quantitative estimate of drug-likeness (QED) is 0.889. The van der Waals surface area contributed by atoms with Crippen molar-refractivity contribution in [2.45, 2.75) is 38.3 Å². The Hall–Kier alpha value is -2.05. The Morgan fingerprint density at radius 1 is 1.12 bits per heavy atom. The molecule has 7 heteroatoms. The van der Waals surface area contributed by atoms with Crippen LogP contribution in [-0.2, 0) is 9.59 Å². The van der Waals surface area contributed by atoms with Gasteiger partial charge < -0.3 is 10.1 Å². The van der Waals surface area contributed by atoms with Crippen molar-refractivity contribution in [2.75, 3.05) is 11.9 Å². The van der Waals surface area contributed by atoms with Crippen molar-refractivity contribution in [2.24, 2.45) is 17.8 Å². The summed E-state index contributed by atoms with van der Waals surface area (Å²) in [4.78, 5) is 24.5. The summed E-state index contributed by atoms with van der Waals surface area (Å²) in [6.45, 7) is -1.35. The van der Waals surface area contributed by atoms with Crippen LogP contribution in [0.4, 0.5) is 18.9 Å². The molecular weight excluding hydrogens is 335 g/mol. The molecule has 0 heterocycles. The van der Waals surface area contributed by atoms with Crippen LogP contribution in [-0.4, -0.2) is 24.5 Å². The van der Waals surface area contributed by atoms with Gasteiger partial charge in [-0.25, -0.2) is 0 Å². The van der Waals surface area contributed by atoms with E-state index in [1.807, 2.05) is 0 Å². The highest BCUT2D eigenvalue weighted by molar-refractivity contribution is 5.95. The van der Waals surface area contributed by atoms with E-state index in [1.165, 1.54) is 24.3 Å². The van der Waals surface area contributed by atoms with Gasteiger partial charge in [-0.2, -0.15) is 13.2 Å². The van der Waals surface area contributed by atoms with Crippen molar-refractivity contribution in [3.8, 4) is 5.75 Å². The van der Waals surface area contributed by atoms with Crippen LogP contribution in [0.25, 0.3) is 0 Å². The summed E-state index contributed by atoms with van der Waals surface area (Å²) in [7, 11) is 0. The summed E-state index contributed by atoms with van der Waals surface area (Å²) in [5, 5.41) is 2.79. The van der Waals surface area contributed by atoms with E-state index in [0.29, 0.717) is 24.3 Å². The van der Waals surface area contributed by atoms with Gasteiger partial charge in [-0.15, -0.1) is 0 Å². The number of rotatable bonds is 4. The minimum atomic E-state index is -4.39. The van der Waals surface area contributed by atoms with E-state index in [0.717, 1.165) is 19.3 Å². The van der Waals surface area contributed by atoms with E-state index in [-0.39, 0.29) is 29.4 Å². The average molecular weight is 355 g/mol. The minimum absolute atomic E-state index is 0.00129. The van der Waals surface area contributed by atoms with Crippen LogP contribution in [0.1, 0.15) is 32.1 Å².